The van der Waals surface area contributed by atoms with Gasteiger partial charge in [0.15, 0.2) is 0 Å². The van der Waals surface area contributed by atoms with Crippen molar-refractivity contribution >= 4 is 34.6 Å². The molecule has 0 fully saturated rings. The van der Waals surface area contributed by atoms with Gasteiger partial charge in [0, 0.05) is 18.1 Å². The highest BCUT2D eigenvalue weighted by molar-refractivity contribution is 6.31. The standard InChI is InChI=1S/C11H16Cl2N2O/c1-2-14-10-4-3-8(13)5-11(10)15-7-9(16)6-12/h3-5,9,14-16H,2,6-7H2,1H3. The van der Waals surface area contributed by atoms with Crippen LogP contribution in [0, 0.1) is 0 Å². The number of benzene rings is 1. The van der Waals surface area contributed by atoms with Crippen LogP contribution in [0.2, 0.25) is 5.02 Å². The van der Waals surface area contributed by atoms with Gasteiger partial charge in [0.2, 0.25) is 0 Å². The van der Waals surface area contributed by atoms with Crippen molar-refractivity contribution in [1.29, 1.82) is 0 Å². The number of rotatable bonds is 6. The summed E-state index contributed by atoms with van der Waals surface area (Å²) in [6.45, 7) is 3.25. The summed E-state index contributed by atoms with van der Waals surface area (Å²) >= 11 is 11.4. The maximum absolute atomic E-state index is 9.36. The summed E-state index contributed by atoms with van der Waals surface area (Å²) < 4.78 is 0. The Hall–Kier alpha value is -0.640. The molecule has 0 aromatic heterocycles. The zero-order chi connectivity index (χ0) is 12.0. The molecule has 0 aliphatic carbocycles. The minimum atomic E-state index is -0.560. The number of anilines is 2. The minimum Gasteiger partial charge on any atom is -0.390 e. The van der Waals surface area contributed by atoms with Gasteiger partial charge in [-0.25, -0.2) is 0 Å². The number of halogens is 2. The van der Waals surface area contributed by atoms with Crippen LogP contribution < -0.4 is 10.6 Å². The van der Waals surface area contributed by atoms with E-state index in [4.69, 9.17) is 23.2 Å². The Kier molecular flexibility index (Phi) is 5.74. The van der Waals surface area contributed by atoms with Crippen molar-refractivity contribution in [3.8, 4) is 0 Å². The maximum atomic E-state index is 9.36. The first-order valence-corrected chi connectivity index (χ1v) is 6.10. The summed E-state index contributed by atoms with van der Waals surface area (Å²) in [6, 6.07) is 5.55. The van der Waals surface area contributed by atoms with Gasteiger partial charge in [0.05, 0.1) is 23.4 Å². The van der Waals surface area contributed by atoms with Crippen LogP contribution in [0.5, 0.6) is 0 Å². The fourth-order valence-electron chi connectivity index (χ4n) is 1.29. The molecule has 0 spiro atoms. The second-order valence-corrected chi connectivity index (χ2v) is 4.15. The van der Waals surface area contributed by atoms with Crippen molar-refractivity contribution < 1.29 is 5.11 Å². The number of hydrogen-bond donors (Lipinski definition) is 3. The smallest absolute Gasteiger partial charge is 0.0847 e. The molecule has 3 nitrogen and oxygen atoms in total. The third-order valence-corrected chi connectivity index (χ3v) is 2.65. The topological polar surface area (TPSA) is 44.3 Å². The van der Waals surface area contributed by atoms with Crippen molar-refractivity contribution in [2.75, 3.05) is 29.6 Å². The Bertz CT molecular complexity index is 334. The number of hydrogen-bond acceptors (Lipinski definition) is 3. The molecule has 16 heavy (non-hydrogen) atoms. The highest BCUT2D eigenvalue weighted by atomic mass is 35.5. The molecule has 3 N–H and O–H groups in total. The molecule has 0 heterocycles. The van der Waals surface area contributed by atoms with E-state index in [1.165, 1.54) is 0 Å². The molecule has 0 amide bonds. The third-order valence-electron chi connectivity index (χ3n) is 2.06. The normalized spacial score (nSPS) is 12.2. The summed E-state index contributed by atoms with van der Waals surface area (Å²) in [5.41, 5.74) is 1.84. The van der Waals surface area contributed by atoms with E-state index in [0.29, 0.717) is 11.6 Å². The molecule has 0 bridgehead atoms. The van der Waals surface area contributed by atoms with Gasteiger partial charge in [-0.3, -0.25) is 0 Å². The van der Waals surface area contributed by atoms with Gasteiger partial charge in [-0.15, -0.1) is 11.6 Å². The fraction of sp³-hybridized carbons (Fsp3) is 0.455. The van der Waals surface area contributed by atoms with Crippen molar-refractivity contribution in [1.82, 2.24) is 0 Å². The van der Waals surface area contributed by atoms with Gasteiger partial charge >= 0.3 is 0 Å². The molecule has 90 valence electrons. The summed E-state index contributed by atoms with van der Waals surface area (Å²) in [4.78, 5) is 0. The van der Waals surface area contributed by atoms with E-state index in [1.54, 1.807) is 0 Å². The van der Waals surface area contributed by atoms with E-state index in [0.717, 1.165) is 17.9 Å². The second kappa shape index (κ2) is 6.84. The first kappa shape index (κ1) is 13.4. The first-order valence-electron chi connectivity index (χ1n) is 5.18. The number of nitrogens with one attached hydrogen (secondary N) is 2. The van der Waals surface area contributed by atoms with E-state index in [9.17, 15) is 5.11 Å². The molecule has 1 aromatic carbocycles. The lowest BCUT2D eigenvalue weighted by molar-refractivity contribution is 0.211. The molecule has 1 aromatic rings. The van der Waals surface area contributed by atoms with Gasteiger partial charge in [0.25, 0.3) is 0 Å². The monoisotopic (exact) mass is 262 g/mol. The Morgan fingerprint density at radius 2 is 2.06 bits per heavy atom. The van der Waals surface area contributed by atoms with Gasteiger partial charge in [-0.2, -0.15) is 0 Å². The van der Waals surface area contributed by atoms with E-state index < -0.39 is 6.10 Å². The van der Waals surface area contributed by atoms with Crippen LogP contribution in [0.15, 0.2) is 18.2 Å². The number of aliphatic hydroxyl groups excluding tert-OH is 1. The molecule has 0 radical (unpaired) electrons. The zero-order valence-electron chi connectivity index (χ0n) is 9.13. The van der Waals surface area contributed by atoms with Crippen LogP contribution in [0.4, 0.5) is 11.4 Å². The average Bonchev–Trinajstić information content (AvgIpc) is 2.29. The van der Waals surface area contributed by atoms with Crippen LogP contribution in [0.25, 0.3) is 0 Å². The first-order chi connectivity index (χ1) is 7.67. The van der Waals surface area contributed by atoms with Gasteiger partial charge < -0.3 is 15.7 Å². The van der Waals surface area contributed by atoms with E-state index in [-0.39, 0.29) is 5.88 Å². The molecule has 0 saturated carbocycles. The highest BCUT2D eigenvalue weighted by Gasteiger charge is 2.05. The summed E-state index contributed by atoms with van der Waals surface area (Å²) in [7, 11) is 0. The minimum absolute atomic E-state index is 0.212. The lowest BCUT2D eigenvalue weighted by Crippen LogP contribution is -2.21. The molecule has 1 unspecified atom stereocenters. The Morgan fingerprint density at radius 1 is 1.31 bits per heavy atom. The molecule has 5 heteroatoms. The van der Waals surface area contributed by atoms with Crippen LogP contribution in [0.1, 0.15) is 6.92 Å². The molecular weight excluding hydrogens is 247 g/mol. The van der Waals surface area contributed by atoms with Gasteiger partial charge in [0.1, 0.15) is 0 Å². The highest BCUT2D eigenvalue weighted by Crippen LogP contribution is 2.25. The quantitative estimate of drug-likeness (QED) is 0.691. The van der Waals surface area contributed by atoms with Gasteiger partial charge in [-0.1, -0.05) is 11.6 Å². The number of aliphatic hydroxyl groups is 1. The SMILES string of the molecule is CCNc1ccc(Cl)cc1NCC(O)CCl. The largest absolute Gasteiger partial charge is 0.390 e. The predicted octanol–water partition coefficient (Wildman–Crippen LogP) is 2.78. The molecular formula is C11H16Cl2N2O. The van der Waals surface area contributed by atoms with E-state index in [2.05, 4.69) is 10.6 Å². The van der Waals surface area contributed by atoms with E-state index >= 15 is 0 Å². The molecule has 0 saturated heterocycles. The van der Waals surface area contributed by atoms with Crippen LogP contribution in [0.3, 0.4) is 0 Å². The van der Waals surface area contributed by atoms with Crippen molar-refractivity contribution in [3.63, 3.8) is 0 Å². The molecule has 1 rings (SSSR count). The van der Waals surface area contributed by atoms with Gasteiger partial charge in [-0.05, 0) is 25.1 Å². The molecule has 0 aliphatic heterocycles. The van der Waals surface area contributed by atoms with Crippen LogP contribution in [-0.4, -0.2) is 30.2 Å². The second-order valence-electron chi connectivity index (χ2n) is 3.41. The van der Waals surface area contributed by atoms with Crippen molar-refractivity contribution in [2.24, 2.45) is 0 Å². The van der Waals surface area contributed by atoms with Crippen molar-refractivity contribution in [3.05, 3.63) is 23.2 Å². The molecule has 0 aliphatic rings. The Balaban J connectivity index is 2.71. The zero-order valence-corrected chi connectivity index (χ0v) is 10.6. The Labute approximate surface area is 106 Å². The van der Waals surface area contributed by atoms with E-state index in [1.807, 2.05) is 25.1 Å². The predicted molar refractivity (Wildman–Crippen MR) is 70.8 cm³/mol. The summed E-state index contributed by atoms with van der Waals surface area (Å²) in [5.74, 6) is 0.212. The lowest BCUT2D eigenvalue weighted by Gasteiger charge is -2.15. The van der Waals surface area contributed by atoms with Crippen LogP contribution >= 0.6 is 23.2 Å². The lowest BCUT2D eigenvalue weighted by atomic mass is 10.2. The number of alkyl halides is 1. The summed E-state index contributed by atoms with van der Waals surface area (Å²) in [6.07, 6.45) is -0.560. The fourth-order valence-corrected chi connectivity index (χ4v) is 1.57. The summed E-state index contributed by atoms with van der Waals surface area (Å²) in [5, 5.41) is 16.3. The van der Waals surface area contributed by atoms with Crippen molar-refractivity contribution in [2.45, 2.75) is 13.0 Å². The molecule has 1 atom stereocenters. The van der Waals surface area contributed by atoms with Crippen LogP contribution in [-0.2, 0) is 0 Å². The average molecular weight is 263 g/mol. The maximum Gasteiger partial charge on any atom is 0.0847 e. The third kappa shape index (κ3) is 4.08. The Morgan fingerprint density at radius 3 is 2.69 bits per heavy atom.